The summed E-state index contributed by atoms with van der Waals surface area (Å²) in [7, 11) is 0. The Kier molecular flexibility index (Phi) is 1.07. The molecule has 7 heavy (non-hydrogen) atoms. The maximum absolute atomic E-state index is 5.50. The van der Waals surface area contributed by atoms with Crippen LogP contribution in [0.2, 0.25) is 5.15 Å². The number of aromatic amines is 1. The zero-order valence-corrected chi connectivity index (χ0v) is 4.79. The van der Waals surface area contributed by atoms with E-state index in [2.05, 4.69) is 4.98 Å². The fraction of sp³-hybridized carbons (Fsp3) is 0.200. The summed E-state index contributed by atoms with van der Waals surface area (Å²) in [6, 6.07) is 3.76. The van der Waals surface area contributed by atoms with Crippen LogP contribution >= 0.6 is 11.6 Å². The quantitative estimate of drug-likeness (QED) is 0.532. The fourth-order valence-electron chi connectivity index (χ4n) is 0.470. The number of hydrogen-bond acceptors (Lipinski definition) is 0. The summed E-state index contributed by atoms with van der Waals surface area (Å²) in [5.74, 6) is 0. The van der Waals surface area contributed by atoms with Crippen LogP contribution in [0, 0.1) is 6.92 Å². The second kappa shape index (κ2) is 1.58. The molecule has 0 aliphatic rings. The third-order valence-corrected chi connectivity index (χ3v) is 1.02. The van der Waals surface area contributed by atoms with E-state index in [1.54, 1.807) is 0 Å². The first-order valence-corrected chi connectivity index (χ1v) is 2.48. The monoisotopic (exact) mass is 115 g/mol. The first-order valence-electron chi connectivity index (χ1n) is 2.10. The molecule has 0 radical (unpaired) electrons. The molecule has 0 aliphatic carbocycles. The third kappa shape index (κ3) is 0.967. The van der Waals surface area contributed by atoms with Crippen LogP contribution in [-0.2, 0) is 0 Å². The minimum absolute atomic E-state index is 0.706. The minimum atomic E-state index is 0.706. The molecule has 0 aromatic carbocycles. The molecule has 0 spiro atoms. The van der Waals surface area contributed by atoms with Gasteiger partial charge in [0.2, 0.25) is 0 Å². The van der Waals surface area contributed by atoms with Gasteiger partial charge in [0.05, 0.1) is 0 Å². The molecule has 0 fully saturated rings. The van der Waals surface area contributed by atoms with E-state index in [9.17, 15) is 0 Å². The van der Waals surface area contributed by atoms with Gasteiger partial charge in [0.25, 0.3) is 0 Å². The summed E-state index contributed by atoms with van der Waals surface area (Å²) >= 11 is 5.50. The molecule has 38 valence electrons. The number of nitrogens with one attached hydrogen (secondary N) is 1. The first kappa shape index (κ1) is 4.72. The highest BCUT2D eigenvalue weighted by Crippen LogP contribution is 2.04. The number of H-pyrrole nitrogens is 1. The van der Waals surface area contributed by atoms with Gasteiger partial charge in [-0.15, -0.1) is 0 Å². The van der Waals surface area contributed by atoms with Gasteiger partial charge in [0, 0.05) is 5.69 Å². The Labute approximate surface area is 47.3 Å². The molecule has 2 heteroatoms. The molecular weight excluding hydrogens is 110 g/mol. The second-order valence-corrected chi connectivity index (χ2v) is 1.90. The Morgan fingerprint density at radius 3 is 2.43 bits per heavy atom. The standard InChI is InChI=1S/C5H6ClN/c1-4-2-3-5(6)7-4/h2-3,7H,1H3. The zero-order valence-electron chi connectivity index (χ0n) is 4.03. The number of rotatable bonds is 0. The van der Waals surface area contributed by atoms with Gasteiger partial charge in [-0.1, -0.05) is 11.6 Å². The van der Waals surface area contributed by atoms with E-state index in [1.165, 1.54) is 0 Å². The normalized spacial score (nSPS) is 9.43. The molecule has 0 bridgehead atoms. The Bertz CT molecular complexity index is 140. The SMILES string of the molecule is Cc1ccc(Cl)[nH]1. The van der Waals surface area contributed by atoms with Gasteiger partial charge in [-0.2, -0.15) is 0 Å². The molecule has 1 N–H and O–H groups in total. The van der Waals surface area contributed by atoms with Crippen molar-refractivity contribution in [2.75, 3.05) is 0 Å². The zero-order chi connectivity index (χ0) is 5.28. The van der Waals surface area contributed by atoms with Gasteiger partial charge in [-0.25, -0.2) is 0 Å². The van der Waals surface area contributed by atoms with Gasteiger partial charge >= 0.3 is 0 Å². The Balaban J connectivity index is 3.04. The number of halogens is 1. The maximum atomic E-state index is 5.50. The van der Waals surface area contributed by atoms with Crippen molar-refractivity contribution in [3.05, 3.63) is 23.0 Å². The molecule has 1 aromatic rings. The molecular formula is C5H6ClN. The summed E-state index contributed by atoms with van der Waals surface area (Å²) in [4.78, 5) is 2.90. The first-order chi connectivity index (χ1) is 3.29. The second-order valence-electron chi connectivity index (χ2n) is 1.49. The minimum Gasteiger partial charge on any atom is -0.350 e. The maximum Gasteiger partial charge on any atom is 0.106 e. The van der Waals surface area contributed by atoms with Crippen LogP contribution in [0.3, 0.4) is 0 Å². The van der Waals surface area contributed by atoms with Crippen molar-refractivity contribution >= 4 is 11.6 Å². The lowest BCUT2D eigenvalue weighted by molar-refractivity contribution is 1.27. The average molecular weight is 116 g/mol. The van der Waals surface area contributed by atoms with Gasteiger partial charge in [-0.3, -0.25) is 0 Å². The van der Waals surface area contributed by atoms with E-state index < -0.39 is 0 Å². The van der Waals surface area contributed by atoms with E-state index >= 15 is 0 Å². The van der Waals surface area contributed by atoms with Gasteiger partial charge in [0.15, 0.2) is 0 Å². The predicted octanol–water partition coefficient (Wildman–Crippen LogP) is 1.98. The van der Waals surface area contributed by atoms with Crippen molar-refractivity contribution in [1.29, 1.82) is 0 Å². The molecule has 0 amide bonds. The van der Waals surface area contributed by atoms with Crippen molar-refractivity contribution in [3.63, 3.8) is 0 Å². The number of aromatic nitrogens is 1. The van der Waals surface area contributed by atoms with Gasteiger partial charge < -0.3 is 4.98 Å². The Hall–Kier alpha value is -0.430. The van der Waals surface area contributed by atoms with Crippen molar-refractivity contribution < 1.29 is 0 Å². The predicted molar refractivity (Wildman–Crippen MR) is 30.5 cm³/mol. The van der Waals surface area contributed by atoms with Crippen LogP contribution < -0.4 is 0 Å². The highest BCUT2D eigenvalue weighted by Gasteiger charge is 1.84. The summed E-state index contributed by atoms with van der Waals surface area (Å²) in [5, 5.41) is 0.706. The summed E-state index contributed by atoms with van der Waals surface area (Å²) in [5.41, 5.74) is 1.10. The number of hydrogen-bond donors (Lipinski definition) is 1. The average Bonchev–Trinajstić information content (AvgIpc) is 1.87. The van der Waals surface area contributed by atoms with Crippen LogP contribution in [0.1, 0.15) is 5.69 Å². The topological polar surface area (TPSA) is 15.8 Å². The molecule has 1 rings (SSSR count). The summed E-state index contributed by atoms with van der Waals surface area (Å²) < 4.78 is 0. The lowest BCUT2D eigenvalue weighted by atomic mass is 10.5. The number of aryl methyl sites for hydroxylation is 1. The van der Waals surface area contributed by atoms with Crippen molar-refractivity contribution in [2.24, 2.45) is 0 Å². The van der Waals surface area contributed by atoms with Crippen LogP contribution in [-0.4, -0.2) is 4.98 Å². The lowest BCUT2D eigenvalue weighted by Gasteiger charge is -1.75. The highest BCUT2D eigenvalue weighted by atomic mass is 35.5. The van der Waals surface area contributed by atoms with E-state index in [4.69, 9.17) is 11.6 Å². The smallest absolute Gasteiger partial charge is 0.106 e. The molecule has 0 atom stereocenters. The van der Waals surface area contributed by atoms with Crippen LogP contribution in [0.25, 0.3) is 0 Å². The van der Waals surface area contributed by atoms with E-state index in [1.807, 2.05) is 19.1 Å². The van der Waals surface area contributed by atoms with E-state index in [-0.39, 0.29) is 0 Å². The highest BCUT2D eigenvalue weighted by molar-refractivity contribution is 6.29. The molecule has 0 aliphatic heterocycles. The molecule has 0 unspecified atom stereocenters. The fourth-order valence-corrected chi connectivity index (χ4v) is 0.682. The summed E-state index contributed by atoms with van der Waals surface area (Å²) in [6.07, 6.45) is 0. The van der Waals surface area contributed by atoms with Crippen LogP contribution in [0.4, 0.5) is 0 Å². The van der Waals surface area contributed by atoms with E-state index in [0.717, 1.165) is 5.69 Å². The van der Waals surface area contributed by atoms with E-state index in [0.29, 0.717) is 5.15 Å². The van der Waals surface area contributed by atoms with Gasteiger partial charge in [-0.05, 0) is 19.1 Å². The molecule has 0 saturated carbocycles. The van der Waals surface area contributed by atoms with Crippen molar-refractivity contribution in [1.82, 2.24) is 4.98 Å². The van der Waals surface area contributed by atoms with Crippen LogP contribution in [0.5, 0.6) is 0 Å². The third-order valence-electron chi connectivity index (χ3n) is 0.796. The molecule has 0 saturated heterocycles. The Morgan fingerprint density at radius 2 is 2.29 bits per heavy atom. The summed E-state index contributed by atoms with van der Waals surface area (Å²) in [6.45, 7) is 1.96. The Morgan fingerprint density at radius 1 is 1.57 bits per heavy atom. The van der Waals surface area contributed by atoms with Crippen LogP contribution in [0.15, 0.2) is 12.1 Å². The van der Waals surface area contributed by atoms with Gasteiger partial charge in [0.1, 0.15) is 5.15 Å². The molecule has 1 nitrogen and oxygen atoms in total. The largest absolute Gasteiger partial charge is 0.350 e. The lowest BCUT2D eigenvalue weighted by Crippen LogP contribution is -1.62. The molecule has 1 aromatic heterocycles. The van der Waals surface area contributed by atoms with Crippen molar-refractivity contribution in [3.8, 4) is 0 Å². The molecule has 1 heterocycles. The van der Waals surface area contributed by atoms with Crippen molar-refractivity contribution in [2.45, 2.75) is 6.92 Å².